The van der Waals surface area contributed by atoms with Crippen LogP contribution < -0.4 is 5.32 Å². The molecule has 1 rings (SSSR count). The fraction of sp³-hybridized carbons (Fsp3) is 0.333. The molecule has 0 aliphatic rings. The number of nitrogens with one attached hydrogen (secondary N) is 1. The van der Waals surface area contributed by atoms with Crippen LogP contribution in [0.5, 0.6) is 0 Å². The molecule has 0 unspecified atom stereocenters. The first kappa shape index (κ1) is 12.2. The molecule has 0 aliphatic heterocycles. The summed E-state index contributed by atoms with van der Waals surface area (Å²) in [5, 5.41) is 2.75. The molecule has 0 atom stereocenters. The highest BCUT2D eigenvalue weighted by molar-refractivity contribution is 5.91. The molecular formula is C12H17N3O. The van der Waals surface area contributed by atoms with Crippen LogP contribution in [-0.2, 0) is 17.9 Å². The van der Waals surface area contributed by atoms with Crippen LogP contribution >= 0.6 is 0 Å². The molecular weight excluding hydrogens is 202 g/mol. The third-order valence-corrected chi connectivity index (χ3v) is 2.24. The number of hydrogen-bond acceptors (Lipinski definition) is 2. The van der Waals surface area contributed by atoms with E-state index in [9.17, 15) is 4.79 Å². The van der Waals surface area contributed by atoms with Gasteiger partial charge in [-0.1, -0.05) is 12.7 Å². The van der Waals surface area contributed by atoms with Crippen molar-refractivity contribution in [3.63, 3.8) is 0 Å². The average molecular weight is 219 g/mol. The lowest BCUT2D eigenvalue weighted by atomic mass is 10.3. The van der Waals surface area contributed by atoms with Gasteiger partial charge in [0.1, 0.15) is 5.82 Å². The molecule has 1 N–H and O–H groups in total. The number of nitrogens with zero attached hydrogens (tertiary/aromatic N) is 2. The van der Waals surface area contributed by atoms with E-state index in [-0.39, 0.29) is 5.91 Å². The molecule has 4 nitrogen and oxygen atoms in total. The van der Waals surface area contributed by atoms with E-state index in [0.29, 0.717) is 18.7 Å². The molecule has 1 heterocycles. The Morgan fingerprint density at radius 3 is 2.94 bits per heavy atom. The molecule has 0 radical (unpaired) electrons. The molecule has 0 aromatic carbocycles. The summed E-state index contributed by atoms with van der Waals surface area (Å²) in [5.41, 5.74) is 1.55. The van der Waals surface area contributed by atoms with Crippen molar-refractivity contribution >= 4 is 5.91 Å². The molecule has 0 saturated carbocycles. The Kier molecular flexibility index (Phi) is 4.05. The van der Waals surface area contributed by atoms with Gasteiger partial charge >= 0.3 is 0 Å². The molecule has 0 spiro atoms. The summed E-state index contributed by atoms with van der Waals surface area (Å²) in [5.74, 6) is 0.679. The van der Waals surface area contributed by atoms with Gasteiger partial charge in [0, 0.05) is 24.0 Å². The molecule has 1 aromatic rings. The number of amides is 1. The zero-order valence-electron chi connectivity index (χ0n) is 9.79. The molecule has 0 bridgehead atoms. The third kappa shape index (κ3) is 2.82. The van der Waals surface area contributed by atoms with Crippen molar-refractivity contribution in [3.8, 4) is 0 Å². The van der Waals surface area contributed by atoms with Crippen molar-refractivity contribution in [2.75, 3.05) is 0 Å². The van der Waals surface area contributed by atoms with Gasteiger partial charge in [0.15, 0.2) is 0 Å². The van der Waals surface area contributed by atoms with E-state index in [0.717, 1.165) is 11.5 Å². The highest BCUT2D eigenvalue weighted by Crippen LogP contribution is 2.04. The van der Waals surface area contributed by atoms with E-state index < -0.39 is 0 Å². The molecule has 1 amide bonds. The van der Waals surface area contributed by atoms with Crippen molar-refractivity contribution in [2.24, 2.45) is 0 Å². The number of aromatic nitrogens is 2. The lowest BCUT2D eigenvalue weighted by Gasteiger charge is -2.08. The largest absolute Gasteiger partial charge is 0.345 e. The smallest absolute Gasteiger partial charge is 0.246 e. The summed E-state index contributed by atoms with van der Waals surface area (Å²) in [6.07, 6.45) is 3.59. The van der Waals surface area contributed by atoms with E-state index in [2.05, 4.69) is 23.5 Å². The third-order valence-electron chi connectivity index (χ3n) is 2.24. The minimum absolute atomic E-state index is 0.147. The van der Waals surface area contributed by atoms with E-state index in [1.54, 1.807) is 19.2 Å². The second-order valence-corrected chi connectivity index (χ2v) is 3.68. The minimum Gasteiger partial charge on any atom is -0.345 e. The lowest BCUT2D eigenvalue weighted by molar-refractivity contribution is -0.117. The number of imidazole rings is 1. The molecule has 4 heteroatoms. The number of allylic oxidation sites excluding steroid dienone is 1. The van der Waals surface area contributed by atoms with Gasteiger partial charge in [-0.15, -0.1) is 6.58 Å². The summed E-state index contributed by atoms with van der Waals surface area (Å²) in [7, 11) is 0. The van der Waals surface area contributed by atoms with E-state index >= 15 is 0 Å². The van der Waals surface area contributed by atoms with Crippen LogP contribution in [0.2, 0.25) is 0 Å². The van der Waals surface area contributed by atoms with Gasteiger partial charge in [0.2, 0.25) is 5.91 Å². The van der Waals surface area contributed by atoms with Gasteiger partial charge in [-0.3, -0.25) is 4.79 Å². The fourth-order valence-electron chi connectivity index (χ4n) is 1.34. The van der Waals surface area contributed by atoms with Crippen LogP contribution in [0.25, 0.3) is 0 Å². The highest BCUT2D eigenvalue weighted by atomic mass is 16.1. The van der Waals surface area contributed by atoms with Gasteiger partial charge in [-0.05, 0) is 13.8 Å². The monoisotopic (exact) mass is 219 g/mol. The van der Waals surface area contributed by atoms with Gasteiger partial charge in [0.05, 0.1) is 6.54 Å². The van der Waals surface area contributed by atoms with Gasteiger partial charge in [-0.2, -0.15) is 0 Å². The standard InChI is InChI=1S/C12H17N3O/c1-5-6-15-10(4)7-13-11(15)8-14-12(16)9(2)3/h5,7H,1-2,6,8H2,3-4H3,(H,14,16). The predicted octanol–water partition coefficient (Wildman–Crippen LogP) is 1.57. The zero-order chi connectivity index (χ0) is 12.1. The van der Waals surface area contributed by atoms with Crippen molar-refractivity contribution in [1.82, 2.24) is 14.9 Å². The van der Waals surface area contributed by atoms with Gasteiger partial charge < -0.3 is 9.88 Å². The number of carbonyl (C=O) groups is 1. The molecule has 16 heavy (non-hydrogen) atoms. The summed E-state index contributed by atoms with van der Waals surface area (Å²) < 4.78 is 2.01. The summed E-state index contributed by atoms with van der Waals surface area (Å²) in [4.78, 5) is 15.6. The van der Waals surface area contributed by atoms with Crippen molar-refractivity contribution < 1.29 is 4.79 Å². The quantitative estimate of drug-likeness (QED) is 0.603. The van der Waals surface area contributed by atoms with Gasteiger partial charge in [-0.25, -0.2) is 4.98 Å². The average Bonchev–Trinajstić information content (AvgIpc) is 2.58. The Balaban J connectivity index is 2.70. The number of rotatable bonds is 5. The van der Waals surface area contributed by atoms with Gasteiger partial charge in [0.25, 0.3) is 0 Å². The molecule has 1 aromatic heterocycles. The second kappa shape index (κ2) is 5.30. The van der Waals surface area contributed by atoms with E-state index in [1.165, 1.54) is 0 Å². The first-order chi connectivity index (χ1) is 7.56. The molecule has 0 fully saturated rings. The number of aryl methyl sites for hydroxylation is 1. The molecule has 86 valence electrons. The first-order valence-electron chi connectivity index (χ1n) is 5.12. The van der Waals surface area contributed by atoms with Crippen molar-refractivity contribution in [2.45, 2.75) is 26.9 Å². The highest BCUT2D eigenvalue weighted by Gasteiger charge is 2.07. The maximum Gasteiger partial charge on any atom is 0.246 e. The Morgan fingerprint density at radius 2 is 2.38 bits per heavy atom. The number of carbonyl (C=O) groups excluding carboxylic acids is 1. The van der Waals surface area contributed by atoms with Crippen LogP contribution in [0, 0.1) is 6.92 Å². The SMILES string of the molecule is C=CCn1c(C)cnc1CNC(=O)C(=C)C. The molecule has 0 aliphatic carbocycles. The maximum absolute atomic E-state index is 11.3. The summed E-state index contributed by atoms with van der Waals surface area (Å²) >= 11 is 0. The van der Waals surface area contributed by atoms with E-state index in [1.807, 2.05) is 11.5 Å². The second-order valence-electron chi connectivity index (χ2n) is 3.68. The fourth-order valence-corrected chi connectivity index (χ4v) is 1.34. The Morgan fingerprint density at radius 1 is 1.69 bits per heavy atom. The predicted molar refractivity (Wildman–Crippen MR) is 63.8 cm³/mol. The van der Waals surface area contributed by atoms with Crippen LogP contribution in [0.15, 0.2) is 31.0 Å². The zero-order valence-corrected chi connectivity index (χ0v) is 9.79. The minimum atomic E-state index is -0.147. The Bertz CT molecular complexity index is 418. The topological polar surface area (TPSA) is 46.9 Å². The van der Waals surface area contributed by atoms with Crippen molar-refractivity contribution in [3.05, 3.63) is 42.5 Å². The first-order valence-corrected chi connectivity index (χ1v) is 5.12. The van der Waals surface area contributed by atoms with Crippen LogP contribution in [0.4, 0.5) is 0 Å². The van der Waals surface area contributed by atoms with E-state index in [4.69, 9.17) is 0 Å². The van der Waals surface area contributed by atoms with Crippen LogP contribution in [-0.4, -0.2) is 15.5 Å². The van der Waals surface area contributed by atoms with Crippen LogP contribution in [0.3, 0.4) is 0 Å². The summed E-state index contributed by atoms with van der Waals surface area (Å²) in [6.45, 7) is 12.0. The van der Waals surface area contributed by atoms with Crippen LogP contribution in [0.1, 0.15) is 18.4 Å². The Labute approximate surface area is 95.7 Å². The Hall–Kier alpha value is -1.84. The summed E-state index contributed by atoms with van der Waals surface area (Å²) in [6, 6.07) is 0. The van der Waals surface area contributed by atoms with Crippen molar-refractivity contribution in [1.29, 1.82) is 0 Å². The normalized spacial score (nSPS) is 9.88. The number of hydrogen-bond donors (Lipinski definition) is 1. The molecule has 0 saturated heterocycles. The maximum atomic E-state index is 11.3. The lowest BCUT2D eigenvalue weighted by Crippen LogP contribution is -2.25.